The number of hydrogen-bond donors (Lipinski definition) is 1. The highest BCUT2D eigenvalue weighted by Crippen LogP contribution is 2.12. The summed E-state index contributed by atoms with van der Waals surface area (Å²) >= 11 is 0. The summed E-state index contributed by atoms with van der Waals surface area (Å²) in [6, 6.07) is 5.59. The first-order chi connectivity index (χ1) is 7.38. The smallest absolute Gasteiger partial charge is 0.269 e. The Balaban J connectivity index is 2.73. The number of nitro benzene ring substituents is 1. The van der Waals surface area contributed by atoms with Crippen LogP contribution in [-0.4, -0.2) is 23.6 Å². The molecule has 0 aliphatic heterocycles. The lowest BCUT2D eigenvalue weighted by Crippen LogP contribution is -1.99. The highest BCUT2D eigenvalue weighted by molar-refractivity contribution is 7.85. The maximum atomic E-state index is 10.4. The quantitative estimate of drug-likeness (QED) is 0.491. The molecule has 0 radical (unpaired) electrons. The van der Waals surface area contributed by atoms with Crippen LogP contribution in [0.5, 0.6) is 0 Å². The van der Waals surface area contributed by atoms with Crippen molar-refractivity contribution in [3.8, 4) is 0 Å². The van der Waals surface area contributed by atoms with Gasteiger partial charge in [0, 0.05) is 12.1 Å². The van der Waals surface area contributed by atoms with Crippen molar-refractivity contribution in [2.75, 3.05) is 5.75 Å². The molecule has 0 bridgehead atoms. The molecule has 86 valence electrons. The van der Waals surface area contributed by atoms with E-state index in [1.54, 1.807) is 0 Å². The van der Waals surface area contributed by atoms with E-state index in [0.717, 1.165) is 0 Å². The molecule has 0 unspecified atom stereocenters. The lowest BCUT2D eigenvalue weighted by Gasteiger charge is -1.93. The molecule has 0 spiro atoms. The standard InChI is InChI=1S/C9H9NO5S/c11-10(12)9-5-3-8(4-6-9)2-1-7-16(13,14)15/h1-6H,7H2,(H,13,14,15)/b2-1+. The normalized spacial score (nSPS) is 11.8. The first kappa shape index (κ1) is 12.3. The van der Waals surface area contributed by atoms with Crippen molar-refractivity contribution in [3.05, 3.63) is 46.0 Å². The molecule has 0 amide bonds. The SMILES string of the molecule is O=[N+]([O-])c1ccc(/C=C/CS(=O)(=O)O)cc1. The Labute approximate surface area is 92.1 Å². The predicted molar refractivity (Wildman–Crippen MR) is 58.5 cm³/mol. The van der Waals surface area contributed by atoms with Gasteiger partial charge in [0.25, 0.3) is 15.8 Å². The summed E-state index contributed by atoms with van der Waals surface area (Å²) in [5.74, 6) is -0.482. The van der Waals surface area contributed by atoms with E-state index in [1.807, 2.05) is 0 Å². The van der Waals surface area contributed by atoms with E-state index < -0.39 is 20.8 Å². The molecule has 0 saturated carbocycles. The van der Waals surface area contributed by atoms with Crippen LogP contribution in [0, 0.1) is 10.1 Å². The number of benzene rings is 1. The van der Waals surface area contributed by atoms with Crippen molar-refractivity contribution in [3.63, 3.8) is 0 Å². The molecule has 1 rings (SSSR count). The van der Waals surface area contributed by atoms with Gasteiger partial charge in [0.15, 0.2) is 0 Å². The fourth-order valence-electron chi connectivity index (χ4n) is 1.01. The van der Waals surface area contributed by atoms with Crippen molar-refractivity contribution < 1.29 is 17.9 Å². The summed E-state index contributed by atoms with van der Waals surface area (Å²) in [6.45, 7) is 0. The fraction of sp³-hybridized carbons (Fsp3) is 0.111. The highest BCUT2D eigenvalue weighted by atomic mass is 32.2. The van der Waals surface area contributed by atoms with Crippen molar-refractivity contribution in [1.29, 1.82) is 0 Å². The summed E-state index contributed by atoms with van der Waals surface area (Å²) in [7, 11) is -4.01. The van der Waals surface area contributed by atoms with E-state index in [2.05, 4.69) is 0 Å². The highest BCUT2D eigenvalue weighted by Gasteiger charge is 2.02. The van der Waals surface area contributed by atoms with Gasteiger partial charge < -0.3 is 0 Å². The summed E-state index contributed by atoms with van der Waals surface area (Å²) < 4.78 is 29.2. The Morgan fingerprint density at radius 1 is 1.31 bits per heavy atom. The van der Waals surface area contributed by atoms with Gasteiger partial charge in [-0.2, -0.15) is 8.42 Å². The van der Waals surface area contributed by atoms with Crippen LogP contribution < -0.4 is 0 Å². The second-order valence-corrected chi connectivity index (χ2v) is 4.50. The van der Waals surface area contributed by atoms with Crippen LogP contribution in [0.1, 0.15) is 5.56 Å². The number of nitrogens with zero attached hydrogens (tertiary/aromatic N) is 1. The van der Waals surface area contributed by atoms with Crippen molar-refractivity contribution in [2.24, 2.45) is 0 Å². The van der Waals surface area contributed by atoms with Gasteiger partial charge in [-0.15, -0.1) is 0 Å². The number of rotatable bonds is 4. The van der Waals surface area contributed by atoms with Crippen LogP contribution >= 0.6 is 0 Å². The molecule has 6 nitrogen and oxygen atoms in total. The van der Waals surface area contributed by atoms with Crippen LogP contribution in [0.25, 0.3) is 6.08 Å². The average molecular weight is 243 g/mol. The lowest BCUT2D eigenvalue weighted by molar-refractivity contribution is -0.384. The van der Waals surface area contributed by atoms with Gasteiger partial charge in [0.1, 0.15) is 0 Å². The molecule has 0 aliphatic rings. The lowest BCUT2D eigenvalue weighted by atomic mass is 10.2. The second-order valence-electron chi connectivity index (χ2n) is 3.00. The molecule has 0 aliphatic carbocycles. The Bertz CT molecular complexity index is 503. The Morgan fingerprint density at radius 3 is 2.31 bits per heavy atom. The van der Waals surface area contributed by atoms with Crippen LogP contribution in [0.2, 0.25) is 0 Å². The Hall–Kier alpha value is -1.73. The largest absolute Gasteiger partial charge is 0.285 e. The molecule has 0 atom stereocenters. The minimum absolute atomic E-state index is 0.0353. The van der Waals surface area contributed by atoms with Gasteiger partial charge in [-0.1, -0.05) is 12.2 Å². The molecular formula is C9H9NO5S. The first-order valence-electron chi connectivity index (χ1n) is 4.24. The predicted octanol–water partition coefficient (Wildman–Crippen LogP) is 1.50. The average Bonchev–Trinajstić information content (AvgIpc) is 2.16. The Kier molecular flexibility index (Phi) is 3.75. The van der Waals surface area contributed by atoms with Crippen molar-refractivity contribution in [2.45, 2.75) is 0 Å². The molecule has 0 aromatic heterocycles. The third kappa shape index (κ3) is 4.20. The van der Waals surface area contributed by atoms with Gasteiger partial charge in [-0.05, 0) is 17.7 Å². The van der Waals surface area contributed by atoms with Crippen molar-refractivity contribution >= 4 is 21.9 Å². The molecular weight excluding hydrogens is 234 g/mol. The first-order valence-corrected chi connectivity index (χ1v) is 5.85. The van der Waals surface area contributed by atoms with Gasteiger partial charge >= 0.3 is 0 Å². The third-order valence-electron chi connectivity index (χ3n) is 1.72. The van der Waals surface area contributed by atoms with E-state index in [-0.39, 0.29) is 5.69 Å². The number of non-ortho nitro benzene ring substituents is 1. The molecule has 1 aromatic rings. The fourth-order valence-corrected chi connectivity index (χ4v) is 1.35. The van der Waals surface area contributed by atoms with E-state index in [1.165, 1.54) is 36.4 Å². The van der Waals surface area contributed by atoms with Gasteiger partial charge in [-0.3, -0.25) is 14.7 Å². The maximum Gasteiger partial charge on any atom is 0.269 e. The summed E-state index contributed by atoms with van der Waals surface area (Å²) in [4.78, 5) is 9.81. The van der Waals surface area contributed by atoms with Crippen LogP contribution in [0.4, 0.5) is 5.69 Å². The zero-order valence-corrected chi connectivity index (χ0v) is 8.92. The Morgan fingerprint density at radius 2 is 1.88 bits per heavy atom. The number of hydrogen-bond acceptors (Lipinski definition) is 4. The maximum absolute atomic E-state index is 10.4. The molecule has 0 saturated heterocycles. The number of nitro groups is 1. The monoisotopic (exact) mass is 243 g/mol. The summed E-state index contributed by atoms with van der Waals surface area (Å²) in [5.41, 5.74) is 0.584. The van der Waals surface area contributed by atoms with Gasteiger partial charge in [0.2, 0.25) is 0 Å². The van der Waals surface area contributed by atoms with E-state index in [4.69, 9.17) is 4.55 Å². The molecule has 16 heavy (non-hydrogen) atoms. The van der Waals surface area contributed by atoms with E-state index in [9.17, 15) is 18.5 Å². The van der Waals surface area contributed by atoms with E-state index >= 15 is 0 Å². The summed E-state index contributed by atoms with van der Waals surface area (Å²) in [5, 5.41) is 10.3. The molecule has 1 N–H and O–H groups in total. The molecule has 0 fully saturated rings. The minimum Gasteiger partial charge on any atom is -0.285 e. The molecule has 7 heteroatoms. The van der Waals surface area contributed by atoms with Gasteiger partial charge in [-0.25, -0.2) is 0 Å². The molecule has 1 aromatic carbocycles. The zero-order valence-electron chi connectivity index (χ0n) is 8.11. The van der Waals surface area contributed by atoms with Crippen LogP contribution in [0.15, 0.2) is 30.3 Å². The topological polar surface area (TPSA) is 97.5 Å². The van der Waals surface area contributed by atoms with E-state index in [0.29, 0.717) is 5.56 Å². The van der Waals surface area contributed by atoms with Crippen molar-refractivity contribution in [1.82, 2.24) is 0 Å². The van der Waals surface area contributed by atoms with Gasteiger partial charge in [0.05, 0.1) is 10.7 Å². The second kappa shape index (κ2) is 4.86. The van der Waals surface area contributed by atoms with Crippen LogP contribution in [-0.2, 0) is 10.1 Å². The minimum atomic E-state index is -4.01. The zero-order chi connectivity index (χ0) is 12.2. The summed E-state index contributed by atoms with van der Waals surface area (Å²) in [6.07, 6.45) is 2.72. The van der Waals surface area contributed by atoms with Crippen LogP contribution in [0.3, 0.4) is 0 Å². The molecule has 0 heterocycles. The third-order valence-corrected chi connectivity index (χ3v) is 2.33.